The van der Waals surface area contributed by atoms with Gasteiger partial charge in [-0.1, -0.05) is 5.21 Å². The fraction of sp³-hybridized carbons (Fsp3) is 0.333. The maximum absolute atomic E-state index is 8.77. The number of rotatable bonds is 6. The number of hydrogen-bond donors (Lipinski definition) is 2. The molecule has 0 spiro atoms. The summed E-state index contributed by atoms with van der Waals surface area (Å²) in [5, 5.41) is 19.9. The summed E-state index contributed by atoms with van der Waals surface area (Å²) in [5.74, 6) is 0.828. The predicted octanol–water partition coefficient (Wildman–Crippen LogP) is 0.891. The molecule has 0 saturated carbocycles. The van der Waals surface area contributed by atoms with E-state index in [0.29, 0.717) is 13.1 Å². The van der Waals surface area contributed by atoms with Gasteiger partial charge in [-0.3, -0.25) is 0 Å². The number of aliphatic hydroxyl groups excluding tert-OH is 1. The van der Waals surface area contributed by atoms with Crippen LogP contribution in [-0.2, 0) is 13.1 Å². The minimum Gasteiger partial charge on any atom is -0.497 e. The van der Waals surface area contributed by atoms with Gasteiger partial charge < -0.3 is 15.2 Å². The summed E-state index contributed by atoms with van der Waals surface area (Å²) < 4.78 is 6.70. The Balaban J connectivity index is 1.89. The molecule has 0 fully saturated rings. The Hall–Kier alpha value is -2.08. The van der Waals surface area contributed by atoms with Crippen molar-refractivity contribution in [1.82, 2.24) is 15.0 Å². The second-order valence-corrected chi connectivity index (χ2v) is 3.78. The molecule has 6 heteroatoms. The minimum absolute atomic E-state index is 0.0642. The van der Waals surface area contributed by atoms with Crippen LogP contribution in [0.5, 0.6) is 5.75 Å². The predicted molar refractivity (Wildman–Crippen MR) is 67.4 cm³/mol. The van der Waals surface area contributed by atoms with Crippen LogP contribution in [0.25, 0.3) is 0 Å². The zero-order chi connectivity index (χ0) is 12.8. The van der Waals surface area contributed by atoms with E-state index in [4.69, 9.17) is 9.84 Å². The zero-order valence-corrected chi connectivity index (χ0v) is 10.2. The number of anilines is 1. The number of hydrogen-bond acceptors (Lipinski definition) is 5. The van der Waals surface area contributed by atoms with Gasteiger partial charge in [0.25, 0.3) is 0 Å². The minimum atomic E-state index is 0.0642. The molecule has 0 aliphatic rings. The lowest BCUT2D eigenvalue weighted by atomic mass is 10.3. The molecule has 0 aliphatic heterocycles. The molecular weight excluding hydrogens is 232 g/mol. The summed E-state index contributed by atoms with van der Waals surface area (Å²) in [6.07, 6.45) is 1.81. The molecule has 0 aliphatic carbocycles. The first-order chi connectivity index (χ1) is 8.81. The van der Waals surface area contributed by atoms with Crippen LogP contribution in [0.15, 0.2) is 30.5 Å². The number of nitrogens with one attached hydrogen (secondary N) is 1. The number of methoxy groups -OCH3 is 1. The standard InChI is InChI=1S/C12H16N4O2/c1-18-12-4-2-10(3-5-12)13-8-11-9-16(6-7-17)15-14-11/h2-5,9,13,17H,6-8H2,1H3. The van der Waals surface area contributed by atoms with Crippen molar-refractivity contribution in [2.75, 3.05) is 19.0 Å². The summed E-state index contributed by atoms with van der Waals surface area (Å²) in [5.41, 5.74) is 1.83. The third kappa shape index (κ3) is 3.21. The van der Waals surface area contributed by atoms with Gasteiger partial charge in [0.1, 0.15) is 11.4 Å². The number of aromatic nitrogens is 3. The van der Waals surface area contributed by atoms with E-state index in [2.05, 4.69) is 15.6 Å². The molecule has 0 saturated heterocycles. The van der Waals surface area contributed by atoms with Gasteiger partial charge in [-0.05, 0) is 24.3 Å². The molecule has 18 heavy (non-hydrogen) atoms. The molecule has 0 atom stereocenters. The zero-order valence-electron chi connectivity index (χ0n) is 10.2. The Morgan fingerprint density at radius 2 is 2.11 bits per heavy atom. The highest BCUT2D eigenvalue weighted by molar-refractivity contribution is 5.46. The first kappa shape index (κ1) is 12.4. The van der Waals surface area contributed by atoms with Gasteiger partial charge in [0.05, 0.1) is 33.0 Å². The Labute approximate surface area is 105 Å². The van der Waals surface area contributed by atoms with Crippen molar-refractivity contribution in [3.05, 3.63) is 36.2 Å². The highest BCUT2D eigenvalue weighted by Crippen LogP contribution is 2.15. The average Bonchev–Trinajstić information content (AvgIpc) is 2.85. The molecule has 1 heterocycles. The molecule has 96 valence electrons. The van der Waals surface area contributed by atoms with Crippen LogP contribution in [0.4, 0.5) is 5.69 Å². The molecule has 1 aromatic carbocycles. The van der Waals surface area contributed by atoms with Gasteiger partial charge in [0.15, 0.2) is 0 Å². The Morgan fingerprint density at radius 3 is 2.78 bits per heavy atom. The molecule has 0 radical (unpaired) electrons. The highest BCUT2D eigenvalue weighted by Gasteiger charge is 2.00. The van der Waals surface area contributed by atoms with E-state index in [0.717, 1.165) is 17.1 Å². The molecule has 2 aromatic rings. The van der Waals surface area contributed by atoms with E-state index in [-0.39, 0.29) is 6.61 Å². The lowest BCUT2D eigenvalue weighted by molar-refractivity contribution is 0.268. The van der Waals surface area contributed by atoms with Gasteiger partial charge in [-0.15, -0.1) is 5.10 Å². The first-order valence-corrected chi connectivity index (χ1v) is 5.69. The van der Waals surface area contributed by atoms with Gasteiger partial charge in [0, 0.05) is 5.69 Å². The van der Waals surface area contributed by atoms with Crippen LogP contribution in [0.2, 0.25) is 0 Å². The van der Waals surface area contributed by atoms with Gasteiger partial charge in [-0.2, -0.15) is 0 Å². The van der Waals surface area contributed by atoms with E-state index in [9.17, 15) is 0 Å². The molecule has 0 amide bonds. The summed E-state index contributed by atoms with van der Waals surface area (Å²) in [7, 11) is 1.64. The lowest BCUT2D eigenvalue weighted by Crippen LogP contribution is -2.02. The van der Waals surface area contributed by atoms with Gasteiger partial charge in [0.2, 0.25) is 0 Å². The third-order valence-electron chi connectivity index (χ3n) is 2.48. The van der Waals surface area contributed by atoms with Crippen molar-refractivity contribution in [3.8, 4) is 5.75 Å². The molecule has 1 aromatic heterocycles. The third-order valence-corrected chi connectivity index (χ3v) is 2.48. The summed E-state index contributed by atoms with van der Waals surface area (Å²) in [6, 6.07) is 7.67. The van der Waals surface area contributed by atoms with Crippen molar-refractivity contribution < 1.29 is 9.84 Å². The van der Waals surface area contributed by atoms with E-state index in [1.165, 1.54) is 0 Å². The average molecular weight is 248 g/mol. The summed E-state index contributed by atoms with van der Waals surface area (Å²) in [6.45, 7) is 1.13. The maximum atomic E-state index is 8.77. The molecule has 6 nitrogen and oxygen atoms in total. The SMILES string of the molecule is COc1ccc(NCc2cn(CCO)nn2)cc1. The van der Waals surface area contributed by atoms with Gasteiger partial charge in [-0.25, -0.2) is 4.68 Å². The van der Waals surface area contributed by atoms with Crippen molar-refractivity contribution in [2.45, 2.75) is 13.1 Å². The normalized spacial score (nSPS) is 10.3. The second kappa shape index (κ2) is 6.02. The largest absolute Gasteiger partial charge is 0.497 e. The molecule has 2 rings (SSSR count). The molecule has 0 bridgehead atoms. The van der Waals surface area contributed by atoms with Crippen LogP contribution in [0, 0.1) is 0 Å². The van der Waals surface area contributed by atoms with Crippen LogP contribution >= 0.6 is 0 Å². The topological polar surface area (TPSA) is 72.2 Å². The first-order valence-electron chi connectivity index (χ1n) is 5.69. The summed E-state index contributed by atoms with van der Waals surface area (Å²) >= 11 is 0. The van der Waals surface area contributed by atoms with Crippen molar-refractivity contribution in [2.24, 2.45) is 0 Å². The molecule has 0 unspecified atom stereocenters. The quantitative estimate of drug-likeness (QED) is 0.794. The maximum Gasteiger partial charge on any atom is 0.119 e. The smallest absolute Gasteiger partial charge is 0.119 e. The van der Waals surface area contributed by atoms with Crippen LogP contribution in [0.1, 0.15) is 5.69 Å². The Kier molecular flexibility index (Phi) is 4.14. The van der Waals surface area contributed by atoms with E-state index in [1.807, 2.05) is 30.5 Å². The monoisotopic (exact) mass is 248 g/mol. The Morgan fingerprint density at radius 1 is 1.33 bits per heavy atom. The van der Waals surface area contributed by atoms with Gasteiger partial charge >= 0.3 is 0 Å². The Bertz CT molecular complexity index is 481. The van der Waals surface area contributed by atoms with Crippen LogP contribution in [-0.4, -0.2) is 33.8 Å². The van der Waals surface area contributed by atoms with Crippen LogP contribution in [0.3, 0.4) is 0 Å². The molecule has 2 N–H and O–H groups in total. The van der Waals surface area contributed by atoms with Crippen LogP contribution < -0.4 is 10.1 Å². The second-order valence-electron chi connectivity index (χ2n) is 3.78. The van der Waals surface area contributed by atoms with E-state index >= 15 is 0 Å². The number of nitrogens with zero attached hydrogens (tertiary/aromatic N) is 3. The van der Waals surface area contributed by atoms with E-state index < -0.39 is 0 Å². The number of ether oxygens (including phenoxy) is 1. The number of aliphatic hydroxyl groups is 1. The van der Waals surface area contributed by atoms with E-state index in [1.54, 1.807) is 11.8 Å². The van der Waals surface area contributed by atoms with Crippen molar-refractivity contribution in [1.29, 1.82) is 0 Å². The summed E-state index contributed by atoms with van der Waals surface area (Å²) in [4.78, 5) is 0. The number of benzene rings is 1. The fourth-order valence-electron chi connectivity index (χ4n) is 1.53. The molecular formula is C12H16N4O2. The highest BCUT2D eigenvalue weighted by atomic mass is 16.5. The fourth-order valence-corrected chi connectivity index (χ4v) is 1.53. The lowest BCUT2D eigenvalue weighted by Gasteiger charge is -2.05. The van der Waals surface area contributed by atoms with Crippen molar-refractivity contribution >= 4 is 5.69 Å². The van der Waals surface area contributed by atoms with Crippen molar-refractivity contribution in [3.63, 3.8) is 0 Å².